The maximum atomic E-state index is 13.4. The number of nitrogens with one attached hydrogen (secondary N) is 2. The number of para-hydroxylation sites is 2. The Morgan fingerprint density at radius 3 is 2.75 bits per heavy atom. The molecule has 1 aromatic heterocycles. The lowest BCUT2D eigenvalue weighted by Crippen LogP contribution is -2.46. The van der Waals surface area contributed by atoms with E-state index in [1.165, 1.54) is 0 Å². The summed E-state index contributed by atoms with van der Waals surface area (Å²) >= 11 is 0. The molecule has 0 unspecified atom stereocenters. The number of aromatic amines is 1. The van der Waals surface area contributed by atoms with E-state index in [4.69, 9.17) is 0 Å². The molecule has 0 saturated carbocycles. The van der Waals surface area contributed by atoms with Gasteiger partial charge in [0.2, 0.25) is 11.8 Å². The number of benzene rings is 2. The predicted octanol–water partition coefficient (Wildman–Crippen LogP) is 2.51. The lowest BCUT2D eigenvalue weighted by Gasteiger charge is -2.28. The highest BCUT2D eigenvalue weighted by molar-refractivity contribution is 5.91. The van der Waals surface area contributed by atoms with Crippen molar-refractivity contribution in [2.45, 2.75) is 37.3 Å². The summed E-state index contributed by atoms with van der Waals surface area (Å²) in [6.45, 7) is 0.785. The monoisotopic (exact) mass is 374 g/mol. The topological polar surface area (TPSA) is 78.1 Å². The molecule has 3 heterocycles. The molecule has 3 aromatic rings. The molecule has 2 N–H and O–H groups in total. The number of fused-ring (bicyclic) bond motifs is 2. The van der Waals surface area contributed by atoms with Crippen LogP contribution in [0.1, 0.15) is 30.7 Å². The third-order valence-corrected chi connectivity index (χ3v) is 6.09. The van der Waals surface area contributed by atoms with Crippen LogP contribution in [0.2, 0.25) is 0 Å². The molecular formula is C22H22N4O2. The van der Waals surface area contributed by atoms with E-state index in [1.807, 2.05) is 59.5 Å². The van der Waals surface area contributed by atoms with E-state index < -0.39 is 5.41 Å². The number of hydrogen-bond donors (Lipinski definition) is 2. The van der Waals surface area contributed by atoms with Crippen molar-refractivity contribution in [2.75, 3.05) is 6.54 Å². The molecule has 0 radical (unpaired) electrons. The summed E-state index contributed by atoms with van der Waals surface area (Å²) in [4.78, 5) is 35.3. The highest BCUT2D eigenvalue weighted by atomic mass is 16.2. The van der Waals surface area contributed by atoms with Gasteiger partial charge in [-0.3, -0.25) is 9.59 Å². The lowest BCUT2D eigenvalue weighted by molar-refractivity contribution is -0.129. The third kappa shape index (κ3) is 2.68. The Hall–Kier alpha value is -3.15. The number of amides is 2. The zero-order chi connectivity index (χ0) is 19.1. The zero-order valence-electron chi connectivity index (χ0n) is 15.5. The van der Waals surface area contributed by atoms with Gasteiger partial charge in [0, 0.05) is 19.0 Å². The molecule has 28 heavy (non-hydrogen) atoms. The average molecular weight is 374 g/mol. The Bertz CT molecular complexity index is 1010. The number of hydrogen-bond acceptors (Lipinski definition) is 3. The second kappa shape index (κ2) is 6.48. The van der Waals surface area contributed by atoms with Crippen molar-refractivity contribution in [3.63, 3.8) is 0 Å². The van der Waals surface area contributed by atoms with Gasteiger partial charge >= 0.3 is 0 Å². The SMILES string of the molecule is O=C1CC[C@H]2C[C@@](C(=O)NCc3nc4ccccc4[nH]3)(c3ccccc3)CN12. The largest absolute Gasteiger partial charge is 0.348 e. The first-order chi connectivity index (χ1) is 13.7. The standard InChI is InChI=1S/C22H22N4O2/c27-20-11-10-16-12-22(14-26(16)20,15-6-2-1-3-7-15)21(28)23-13-19-24-17-8-4-5-9-18(17)25-19/h1-9,16H,10-14H2,(H,23,28)(H,24,25)/t16-,22-/m0/s1. The van der Waals surface area contributed by atoms with Gasteiger partial charge in [-0.1, -0.05) is 42.5 Å². The van der Waals surface area contributed by atoms with Crippen molar-refractivity contribution in [1.82, 2.24) is 20.2 Å². The van der Waals surface area contributed by atoms with Gasteiger partial charge in [-0.25, -0.2) is 4.98 Å². The molecule has 2 amide bonds. The van der Waals surface area contributed by atoms with E-state index in [0.29, 0.717) is 25.9 Å². The van der Waals surface area contributed by atoms with E-state index in [2.05, 4.69) is 15.3 Å². The molecule has 0 bridgehead atoms. The van der Waals surface area contributed by atoms with Crippen LogP contribution in [0, 0.1) is 0 Å². The minimum absolute atomic E-state index is 0.0404. The lowest BCUT2D eigenvalue weighted by atomic mass is 9.77. The van der Waals surface area contributed by atoms with Crippen LogP contribution in [0.25, 0.3) is 11.0 Å². The van der Waals surface area contributed by atoms with E-state index in [1.54, 1.807) is 0 Å². The van der Waals surface area contributed by atoms with Gasteiger partial charge in [0.05, 0.1) is 23.0 Å². The maximum Gasteiger partial charge on any atom is 0.232 e. The number of H-pyrrole nitrogens is 1. The molecule has 0 aliphatic carbocycles. The minimum atomic E-state index is -0.700. The van der Waals surface area contributed by atoms with Crippen molar-refractivity contribution in [3.8, 4) is 0 Å². The molecule has 2 aliphatic heterocycles. The molecule has 2 saturated heterocycles. The first-order valence-corrected chi connectivity index (χ1v) is 9.73. The fourth-order valence-electron chi connectivity index (χ4n) is 4.66. The molecule has 2 aliphatic rings. The van der Waals surface area contributed by atoms with Crippen molar-refractivity contribution in [1.29, 1.82) is 0 Å². The van der Waals surface area contributed by atoms with E-state index in [9.17, 15) is 9.59 Å². The first kappa shape index (κ1) is 17.0. The number of carbonyl (C=O) groups is 2. The summed E-state index contributed by atoms with van der Waals surface area (Å²) in [5.74, 6) is 0.849. The molecule has 142 valence electrons. The summed E-state index contributed by atoms with van der Waals surface area (Å²) in [6, 6.07) is 17.8. The van der Waals surface area contributed by atoms with Crippen LogP contribution in [0.5, 0.6) is 0 Å². The first-order valence-electron chi connectivity index (χ1n) is 9.73. The summed E-state index contributed by atoms with van der Waals surface area (Å²) in [5, 5.41) is 3.07. The molecular weight excluding hydrogens is 352 g/mol. The second-order valence-electron chi connectivity index (χ2n) is 7.75. The molecule has 6 heteroatoms. The van der Waals surface area contributed by atoms with Crippen LogP contribution in [0.15, 0.2) is 54.6 Å². The highest BCUT2D eigenvalue weighted by Crippen LogP contribution is 2.43. The van der Waals surface area contributed by atoms with Crippen LogP contribution in [-0.2, 0) is 21.5 Å². The average Bonchev–Trinajstić information content (AvgIpc) is 3.41. The third-order valence-electron chi connectivity index (χ3n) is 6.09. The van der Waals surface area contributed by atoms with Crippen LogP contribution in [0.3, 0.4) is 0 Å². The van der Waals surface area contributed by atoms with Crippen LogP contribution in [0.4, 0.5) is 0 Å². The molecule has 6 nitrogen and oxygen atoms in total. The Morgan fingerprint density at radius 2 is 1.96 bits per heavy atom. The fourth-order valence-corrected chi connectivity index (χ4v) is 4.66. The summed E-state index contributed by atoms with van der Waals surface area (Å²) in [6.07, 6.45) is 2.11. The van der Waals surface area contributed by atoms with Gasteiger partial charge in [0.25, 0.3) is 0 Å². The Balaban J connectivity index is 1.41. The number of aromatic nitrogens is 2. The van der Waals surface area contributed by atoms with Crippen LogP contribution < -0.4 is 5.32 Å². The van der Waals surface area contributed by atoms with Crippen molar-refractivity contribution < 1.29 is 9.59 Å². The summed E-state index contributed by atoms with van der Waals surface area (Å²) in [5.41, 5.74) is 2.11. The van der Waals surface area contributed by atoms with Gasteiger partial charge in [0.15, 0.2) is 0 Å². The zero-order valence-corrected chi connectivity index (χ0v) is 15.5. The number of rotatable bonds is 4. The molecule has 0 spiro atoms. The summed E-state index contributed by atoms with van der Waals surface area (Å²) in [7, 11) is 0. The molecule has 2 fully saturated rings. The van der Waals surface area contributed by atoms with E-state index in [-0.39, 0.29) is 17.9 Å². The normalized spacial score (nSPS) is 23.9. The van der Waals surface area contributed by atoms with Crippen molar-refractivity contribution >= 4 is 22.8 Å². The van der Waals surface area contributed by atoms with Crippen LogP contribution in [-0.4, -0.2) is 39.3 Å². The summed E-state index contributed by atoms with van der Waals surface area (Å²) < 4.78 is 0. The van der Waals surface area contributed by atoms with Crippen molar-refractivity contribution in [3.05, 3.63) is 66.0 Å². The number of imidazole rings is 1. The number of nitrogens with zero attached hydrogens (tertiary/aromatic N) is 2. The van der Waals surface area contributed by atoms with Gasteiger partial charge in [-0.2, -0.15) is 0 Å². The van der Waals surface area contributed by atoms with Gasteiger partial charge in [0.1, 0.15) is 5.82 Å². The molecule has 2 atom stereocenters. The highest BCUT2D eigenvalue weighted by Gasteiger charge is 2.53. The van der Waals surface area contributed by atoms with E-state index >= 15 is 0 Å². The van der Waals surface area contributed by atoms with Crippen molar-refractivity contribution in [2.24, 2.45) is 0 Å². The van der Waals surface area contributed by atoms with E-state index in [0.717, 1.165) is 28.8 Å². The van der Waals surface area contributed by atoms with Gasteiger partial charge in [-0.05, 0) is 30.5 Å². The minimum Gasteiger partial charge on any atom is -0.348 e. The Kier molecular flexibility index (Phi) is 3.93. The molecule has 2 aromatic carbocycles. The Morgan fingerprint density at radius 1 is 1.18 bits per heavy atom. The van der Waals surface area contributed by atoms with Crippen LogP contribution >= 0.6 is 0 Å². The predicted molar refractivity (Wildman–Crippen MR) is 105 cm³/mol. The number of carbonyl (C=O) groups excluding carboxylic acids is 2. The van der Waals surface area contributed by atoms with Gasteiger partial charge < -0.3 is 15.2 Å². The molecule has 5 rings (SSSR count). The quantitative estimate of drug-likeness (QED) is 0.737. The fraction of sp³-hybridized carbons (Fsp3) is 0.318. The second-order valence-corrected chi connectivity index (χ2v) is 7.75. The maximum absolute atomic E-state index is 13.4. The smallest absolute Gasteiger partial charge is 0.232 e. The Labute approximate surface area is 163 Å². The van der Waals surface area contributed by atoms with Gasteiger partial charge in [-0.15, -0.1) is 0 Å².